The standard InChI is InChI=1S/C15H14N2OS2/c1-9-11(10-7-5-4-6-8-10)12-13(20-9)16-15(19-3)17(2)14(12)18/h4-8H,1-3H3. The van der Waals surface area contributed by atoms with E-state index in [0.29, 0.717) is 0 Å². The van der Waals surface area contributed by atoms with Crippen molar-refractivity contribution in [2.45, 2.75) is 12.1 Å². The molecular weight excluding hydrogens is 288 g/mol. The van der Waals surface area contributed by atoms with Crippen molar-refractivity contribution in [2.24, 2.45) is 7.05 Å². The quantitative estimate of drug-likeness (QED) is 0.535. The Labute approximate surface area is 125 Å². The predicted octanol–water partition coefficient (Wildman–Crippen LogP) is 3.69. The van der Waals surface area contributed by atoms with Crippen molar-refractivity contribution in [3.63, 3.8) is 0 Å². The molecule has 0 fully saturated rings. The molecular formula is C15H14N2OS2. The second-order valence-electron chi connectivity index (χ2n) is 4.54. The number of thioether (sulfide) groups is 1. The first-order valence-electron chi connectivity index (χ1n) is 6.23. The molecule has 2 heterocycles. The summed E-state index contributed by atoms with van der Waals surface area (Å²) in [5.74, 6) is 0. The number of aryl methyl sites for hydroxylation is 1. The van der Waals surface area contributed by atoms with Gasteiger partial charge in [-0.15, -0.1) is 11.3 Å². The molecule has 0 amide bonds. The van der Waals surface area contributed by atoms with Crippen LogP contribution in [-0.4, -0.2) is 15.8 Å². The van der Waals surface area contributed by atoms with Crippen LogP contribution in [0.4, 0.5) is 0 Å². The summed E-state index contributed by atoms with van der Waals surface area (Å²) < 4.78 is 1.63. The van der Waals surface area contributed by atoms with Gasteiger partial charge in [-0.25, -0.2) is 4.98 Å². The Morgan fingerprint density at radius 1 is 1.25 bits per heavy atom. The van der Waals surface area contributed by atoms with Crippen molar-refractivity contribution in [3.8, 4) is 11.1 Å². The number of thiophene rings is 1. The van der Waals surface area contributed by atoms with E-state index in [4.69, 9.17) is 0 Å². The third-order valence-corrected chi connectivity index (χ3v) is 5.04. The van der Waals surface area contributed by atoms with Crippen LogP contribution in [0, 0.1) is 6.92 Å². The average molecular weight is 302 g/mol. The van der Waals surface area contributed by atoms with Crippen molar-refractivity contribution in [3.05, 3.63) is 45.6 Å². The third-order valence-electron chi connectivity index (χ3n) is 3.31. The first kappa shape index (κ1) is 13.4. The molecule has 3 aromatic rings. The van der Waals surface area contributed by atoms with Gasteiger partial charge in [0, 0.05) is 17.5 Å². The lowest BCUT2D eigenvalue weighted by molar-refractivity contribution is 0.729. The zero-order valence-corrected chi connectivity index (χ0v) is 13.1. The van der Waals surface area contributed by atoms with Crippen molar-refractivity contribution >= 4 is 33.3 Å². The summed E-state index contributed by atoms with van der Waals surface area (Å²) in [6, 6.07) is 10.0. The Kier molecular flexibility index (Phi) is 3.40. The molecule has 0 saturated heterocycles. The summed E-state index contributed by atoms with van der Waals surface area (Å²) >= 11 is 3.08. The Balaban J connectivity index is 2.43. The Hall–Kier alpha value is -1.59. The normalized spacial score (nSPS) is 11.2. The smallest absolute Gasteiger partial charge is 0.263 e. The number of benzene rings is 1. The van der Waals surface area contributed by atoms with Crippen molar-refractivity contribution in [1.82, 2.24) is 9.55 Å². The van der Waals surface area contributed by atoms with Crippen molar-refractivity contribution in [2.75, 3.05) is 6.26 Å². The SMILES string of the molecule is CSc1nc2sc(C)c(-c3ccccc3)c2c(=O)n1C. The van der Waals surface area contributed by atoms with Crippen LogP contribution in [-0.2, 0) is 7.05 Å². The van der Waals surface area contributed by atoms with Gasteiger partial charge in [0.05, 0.1) is 5.39 Å². The monoisotopic (exact) mass is 302 g/mol. The van der Waals surface area contributed by atoms with Crippen LogP contribution >= 0.6 is 23.1 Å². The van der Waals surface area contributed by atoms with Crippen LogP contribution in [0.3, 0.4) is 0 Å². The van der Waals surface area contributed by atoms with Gasteiger partial charge < -0.3 is 0 Å². The van der Waals surface area contributed by atoms with Gasteiger partial charge in [-0.3, -0.25) is 9.36 Å². The number of hydrogen-bond acceptors (Lipinski definition) is 4. The Morgan fingerprint density at radius 2 is 1.95 bits per heavy atom. The minimum atomic E-state index is 0.0301. The van der Waals surface area contributed by atoms with Crippen molar-refractivity contribution in [1.29, 1.82) is 0 Å². The van der Waals surface area contributed by atoms with E-state index in [1.165, 1.54) is 11.8 Å². The van der Waals surface area contributed by atoms with E-state index < -0.39 is 0 Å². The Bertz CT molecular complexity index is 834. The highest BCUT2D eigenvalue weighted by atomic mass is 32.2. The number of nitrogens with zero attached hydrogens (tertiary/aromatic N) is 2. The van der Waals surface area contributed by atoms with Gasteiger partial charge in [-0.05, 0) is 18.7 Å². The fourth-order valence-electron chi connectivity index (χ4n) is 2.36. The maximum absolute atomic E-state index is 12.6. The van der Waals surface area contributed by atoms with Gasteiger partial charge in [-0.2, -0.15) is 0 Å². The van der Waals surface area contributed by atoms with E-state index in [2.05, 4.69) is 4.98 Å². The molecule has 0 unspecified atom stereocenters. The van der Waals surface area contributed by atoms with E-state index in [1.807, 2.05) is 43.5 Å². The van der Waals surface area contributed by atoms with E-state index >= 15 is 0 Å². The summed E-state index contributed by atoms with van der Waals surface area (Å²) in [4.78, 5) is 19.2. The van der Waals surface area contributed by atoms with Crippen LogP contribution in [0.2, 0.25) is 0 Å². The predicted molar refractivity (Wildman–Crippen MR) is 86.8 cm³/mol. The molecule has 0 aliphatic rings. The molecule has 102 valence electrons. The molecule has 0 radical (unpaired) electrons. The summed E-state index contributed by atoms with van der Waals surface area (Å²) in [5, 5.41) is 1.49. The number of aromatic nitrogens is 2. The minimum Gasteiger partial charge on any atom is -0.290 e. The van der Waals surface area contributed by atoms with Gasteiger partial charge in [0.15, 0.2) is 5.16 Å². The molecule has 2 aromatic heterocycles. The van der Waals surface area contributed by atoms with Gasteiger partial charge in [-0.1, -0.05) is 42.1 Å². The van der Waals surface area contributed by atoms with Crippen molar-refractivity contribution < 1.29 is 0 Å². The van der Waals surface area contributed by atoms with E-state index in [9.17, 15) is 4.79 Å². The summed E-state index contributed by atoms with van der Waals surface area (Å²) in [6.45, 7) is 2.05. The summed E-state index contributed by atoms with van der Waals surface area (Å²) in [7, 11) is 1.78. The Morgan fingerprint density at radius 3 is 2.60 bits per heavy atom. The highest BCUT2D eigenvalue weighted by Gasteiger charge is 2.17. The molecule has 3 nitrogen and oxygen atoms in total. The molecule has 0 bridgehead atoms. The topological polar surface area (TPSA) is 34.9 Å². The number of hydrogen-bond donors (Lipinski definition) is 0. The lowest BCUT2D eigenvalue weighted by Gasteiger charge is -2.05. The lowest BCUT2D eigenvalue weighted by Crippen LogP contribution is -2.19. The van der Waals surface area contributed by atoms with Crippen LogP contribution < -0.4 is 5.56 Å². The molecule has 0 aliphatic carbocycles. The first-order valence-corrected chi connectivity index (χ1v) is 8.27. The summed E-state index contributed by atoms with van der Waals surface area (Å²) in [6.07, 6.45) is 1.94. The van der Waals surface area contributed by atoms with E-state index in [0.717, 1.165) is 31.4 Å². The average Bonchev–Trinajstić information content (AvgIpc) is 2.80. The molecule has 0 atom stereocenters. The largest absolute Gasteiger partial charge is 0.290 e. The number of rotatable bonds is 2. The first-order chi connectivity index (χ1) is 9.63. The summed E-state index contributed by atoms with van der Waals surface area (Å²) in [5.41, 5.74) is 2.13. The minimum absolute atomic E-state index is 0.0301. The molecule has 20 heavy (non-hydrogen) atoms. The molecule has 1 aromatic carbocycles. The molecule has 0 aliphatic heterocycles. The zero-order chi connectivity index (χ0) is 14.3. The molecule has 5 heteroatoms. The van der Waals surface area contributed by atoms with Crippen LogP contribution in [0.25, 0.3) is 21.3 Å². The van der Waals surface area contributed by atoms with Crippen LogP contribution in [0.1, 0.15) is 4.88 Å². The van der Waals surface area contributed by atoms with Gasteiger partial charge in [0.2, 0.25) is 0 Å². The maximum Gasteiger partial charge on any atom is 0.263 e. The van der Waals surface area contributed by atoms with Gasteiger partial charge >= 0.3 is 0 Å². The number of fused-ring (bicyclic) bond motifs is 1. The highest BCUT2D eigenvalue weighted by molar-refractivity contribution is 7.98. The zero-order valence-electron chi connectivity index (χ0n) is 11.5. The van der Waals surface area contributed by atoms with Crippen LogP contribution in [0.5, 0.6) is 0 Å². The maximum atomic E-state index is 12.6. The molecule has 0 N–H and O–H groups in total. The second-order valence-corrected chi connectivity index (χ2v) is 6.52. The molecule has 0 spiro atoms. The second kappa shape index (κ2) is 5.07. The fraction of sp³-hybridized carbons (Fsp3) is 0.200. The molecule has 0 saturated carbocycles. The molecule has 3 rings (SSSR count). The van der Waals surface area contributed by atoms with Gasteiger partial charge in [0.1, 0.15) is 4.83 Å². The van der Waals surface area contributed by atoms with E-state index in [1.54, 1.807) is 23.0 Å². The fourth-order valence-corrected chi connectivity index (χ4v) is 3.99. The van der Waals surface area contributed by atoms with Gasteiger partial charge in [0.25, 0.3) is 5.56 Å². The van der Waals surface area contributed by atoms with Crippen LogP contribution in [0.15, 0.2) is 40.3 Å². The van der Waals surface area contributed by atoms with E-state index in [-0.39, 0.29) is 5.56 Å². The lowest BCUT2D eigenvalue weighted by atomic mass is 10.0. The third kappa shape index (κ3) is 1.98. The highest BCUT2D eigenvalue weighted by Crippen LogP contribution is 2.35.